The second kappa shape index (κ2) is 11.3. The van der Waals surface area contributed by atoms with Gasteiger partial charge in [-0.1, -0.05) is 31.2 Å². The van der Waals surface area contributed by atoms with Crippen molar-refractivity contribution in [3.8, 4) is 11.3 Å². The van der Waals surface area contributed by atoms with Gasteiger partial charge in [0.25, 0.3) is 0 Å². The Labute approximate surface area is 169 Å². The van der Waals surface area contributed by atoms with Crippen LogP contribution >= 0.6 is 11.3 Å². The van der Waals surface area contributed by atoms with Crippen molar-refractivity contribution in [2.24, 2.45) is 10.7 Å². The van der Waals surface area contributed by atoms with E-state index in [9.17, 15) is 4.79 Å². The summed E-state index contributed by atoms with van der Waals surface area (Å²) in [6, 6.07) is 7.37. The first-order valence-electron chi connectivity index (χ1n) is 9.02. The minimum atomic E-state index is -0.720. The molecule has 3 N–H and O–H groups in total. The lowest BCUT2D eigenvalue weighted by Gasteiger charge is -2.08. The van der Waals surface area contributed by atoms with Crippen LogP contribution in [0.5, 0.6) is 0 Å². The summed E-state index contributed by atoms with van der Waals surface area (Å²) in [6.45, 7) is 4.27. The van der Waals surface area contributed by atoms with E-state index in [1.807, 2.05) is 42.7 Å². The zero-order chi connectivity index (χ0) is 20.4. The largest absolute Gasteiger partial charge is 0.383 e. The summed E-state index contributed by atoms with van der Waals surface area (Å²) in [7, 11) is 1.51. The molecule has 0 aliphatic carbocycles. The van der Waals surface area contributed by atoms with Gasteiger partial charge in [0.2, 0.25) is 5.91 Å². The van der Waals surface area contributed by atoms with E-state index in [1.165, 1.54) is 18.4 Å². The number of aliphatic imine (C=N–C) groups is 1. The molecule has 28 heavy (non-hydrogen) atoms. The fourth-order valence-corrected chi connectivity index (χ4v) is 3.03. The highest BCUT2D eigenvalue weighted by Gasteiger charge is 2.15. The Morgan fingerprint density at radius 1 is 1.46 bits per heavy atom. The number of carbonyl (C=O) groups is 1. The van der Waals surface area contributed by atoms with E-state index in [0.29, 0.717) is 5.13 Å². The molecule has 2 rings (SSSR count). The van der Waals surface area contributed by atoms with Crippen molar-refractivity contribution in [2.45, 2.75) is 26.3 Å². The Morgan fingerprint density at radius 3 is 3.04 bits per heavy atom. The normalized spacial score (nSPS) is 13.4. The lowest BCUT2D eigenvalue weighted by molar-refractivity contribution is -0.118. The maximum Gasteiger partial charge on any atom is 0.245 e. The van der Waals surface area contributed by atoms with Crippen LogP contribution in [0.15, 0.2) is 53.0 Å². The molecule has 1 unspecified atom stereocenters. The number of nitrogens with zero attached hydrogens (tertiary/aromatic N) is 2. The first-order chi connectivity index (χ1) is 13.5. The molecule has 0 aliphatic heterocycles. The quantitative estimate of drug-likeness (QED) is 0.622. The van der Waals surface area contributed by atoms with Crippen molar-refractivity contribution < 1.29 is 9.53 Å². The van der Waals surface area contributed by atoms with Crippen LogP contribution in [0, 0.1) is 0 Å². The van der Waals surface area contributed by atoms with Gasteiger partial charge in [0.05, 0.1) is 12.3 Å². The average Bonchev–Trinajstić information content (AvgIpc) is 3.16. The molecule has 1 atom stereocenters. The average molecular weight is 399 g/mol. The van der Waals surface area contributed by atoms with Crippen molar-refractivity contribution in [1.29, 1.82) is 0 Å². The zero-order valence-electron chi connectivity index (χ0n) is 16.4. The Hall–Kier alpha value is -2.61. The van der Waals surface area contributed by atoms with E-state index in [-0.39, 0.29) is 12.5 Å². The number of hydrogen-bond donors (Lipinski definition) is 2. The van der Waals surface area contributed by atoms with Crippen molar-refractivity contribution in [3.63, 3.8) is 0 Å². The number of nitrogens with two attached hydrogens (primary N) is 1. The van der Waals surface area contributed by atoms with Gasteiger partial charge < -0.3 is 15.8 Å². The van der Waals surface area contributed by atoms with E-state index in [4.69, 9.17) is 10.5 Å². The molecule has 2 aromatic rings. The number of nitrogens with one attached hydrogen (secondary N) is 1. The van der Waals surface area contributed by atoms with Crippen LogP contribution in [0.4, 0.5) is 5.13 Å². The minimum Gasteiger partial charge on any atom is -0.383 e. The molecule has 0 saturated carbocycles. The summed E-state index contributed by atoms with van der Waals surface area (Å²) in [6.07, 6.45) is 8.53. The van der Waals surface area contributed by atoms with Crippen molar-refractivity contribution in [3.05, 3.63) is 53.6 Å². The van der Waals surface area contributed by atoms with Gasteiger partial charge in [0, 0.05) is 30.5 Å². The monoisotopic (exact) mass is 398 g/mol. The highest BCUT2D eigenvalue weighted by molar-refractivity contribution is 7.14. The van der Waals surface area contributed by atoms with E-state index >= 15 is 0 Å². The number of benzene rings is 1. The highest BCUT2D eigenvalue weighted by atomic mass is 32.1. The summed E-state index contributed by atoms with van der Waals surface area (Å²) < 4.78 is 4.90. The van der Waals surface area contributed by atoms with Crippen molar-refractivity contribution in [2.75, 3.05) is 19.0 Å². The number of amides is 1. The number of thiazole rings is 1. The molecule has 1 aromatic heterocycles. The molecule has 0 radical (unpaired) electrons. The topological polar surface area (TPSA) is 89.6 Å². The van der Waals surface area contributed by atoms with Gasteiger partial charge >= 0.3 is 0 Å². The Bertz CT molecular complexity index is 871. The molecular formula is C21H26N4O2S. The van der Waals surface area contributed by atoms with Crippen LogP contribution in [-0.2, 0) is 9.53 Å². The van der Waals surface area contributed by atoms with Gasteiger partial charge in [0.15, 0.2) is 5.13 Å². The molecule has 0 spiro atoms. The smallest absolute Gasteiger partial charge is 0.245 e. The van der Waals surface area contributed by atoms with Gasteiger partial charge in [-0.3, -0.25) is 9.79 Å². The van der Waals surface area contributed by atoms with Crippen LogP contribution in [0.25, 0.3) is 16.8 Å². The Kier molecular flexibility index (Phi) is 8.74. The number of anilines is 1. The summed E-state index contributed by atoms with van der Waals surface area (Å²) in [5.74, 6) is -0.313. The molecule has 0 aliphatic rings. The number of aromatic nitrogens is 1. The van der Waals surface area contributed by atoms with Gasteiger partial charge in [-0.15, -0.1) is 11.3 Å². The number of rotatable bonds is 9. The maximum atomic E-state index is 12.0. The van der Waals surface area contributed by atoms with E-state index in [2.05, 4.69) is 28.3 Å². The Morgan fingerprint density at radius 2 is 2.29 bits per heavy atom. The molecule has 1 heterocycles. The molecule has 0 bridgehead atoms. The van der Waals surface area contributed by atoms with Gasteiger partial charge in [-0.25, -0.2) is 4.98 Å². The highest BCUT2D eigenvalue weighted by Crippen LogP contribution is 2.27. The fraction of sp³-hybridized carbons (Fsp3) is 0.286. The standard InChI is InChI=1S/C21H26N4O2S/c1-4-5-10-23-11-9-15(2)16-7-6-8-17(12-16)19-14-28-21(24-19)25-20(26)18(22)13-27-3/h5-12,14,18H,4,13,22H2,1-3H3,(H,24,25,26)/b10-5+,15-9+,23-11+. The third kappa shape index (κ3) is 6.53. The minimum absolute atomic E-state index is 0.162. The van der Waals surface area contributed by atoms with E-state index in [1.54, 1.807) is 12.4 Å². The van der Waals surface area contributed by atoms with E-state index in [0.717, 1.165) is 28.8 Å². The first kappa shape index (κ1) is 21.7. The predicted molar refractivity (Wildman–Crippen MR) is 118 cm³/mol. The summed E-state index contributed by atoms with van der Waals surface area (Å²) in [5, 5.41) is 5.15. The lowest BCUT2D eigenvalue weighted by Crippen LogP contribution is -2.39. The third-order valence-electron chi connectivity index (χ3n) is 3.87. The number of ether oxygens (including phenoxy) is 1. The van der Waals surface area contributed by atoms with Crippen LogP contribution in [0.1, 0.15) is 25.8 Å². The van der Waals surface area contributed by atoms with Gasteiger partial charge in [0.1, 0.15) is 6.04 Å². The zero-order valence-corrected chi connectivity index (χ0v) is 17.2. The maximum absolute atomic E-state index is 12.0. The number of methoxy groups -OCH3 is 1. The number of carbonyl (C=O) groups excluding carboxylic acids is 1. The first-order valence-corrected chi connectivity index (χ1v) is 9.90. The summed E-state index contributed by atoms with van der Waals surface area (Å²) in [5.41, 5.74) is 9.70. The predicted octanol–water partition coefficient (Wildman–Crippen LogP) is 4.12. The fourth-order valence-electron chi connectivity index (χ4n) is 2.31. The molecule has 1 amide bonds. The van der Waals surface area contributed by atoms with E-state index < -0.39 is 6.04 Å². The Balaban J connectivity index is 2.11. The lowest BCUT2D eigenvalue weighted by atomic mass is 10.0. The second-order valence-corrected chi connectivity index (χ2v) is 6.97. The number of hydrogen-bond acceptors (Lipinski definition) is 6. The van der Waals surface area contributed by atoms with Crippen molar-refractivity contribution in [1.82, 2.24) is 4.98 Å². The molecule has 6 nitrogen and oxygen atoms in total. The third-order valence-corrected chi connectivity index (χ3v) is 4.63. The van der Waals surface area contributed by atoms with Gasteiger partial charge in [-0.2, -0.15) is 0 Å². The second-order valence-electron chi connectivity index (χ2n) is 6.11. The molecular weight excluding hydrogens is 372 g/mol. The summed E-state index contributed by atoms with van der Waals surface area (Å²) in [4.78, 5) is 20.7. The SMILES string of the molecule is CC/C=C/N=C/C=C(\C)c1cccc(-c2csc(NC(=O)C(N)COC)n2)c1. The van der Waals surface area contributed by atoms with Gasteiger partial charge in [-0.05, 0) is 36.6 Å². The summed E-state index contributed by atoms with van der Waals surface area (Å²) >= 11 is 1.36. The molecule has 1 aromatic carbocycles. The van der Waals surface area contributed by atoms with Crippen molar-refractivity contribution >= 4 is 34.2 Å². The van der Waals surface area contributed by atoms with Crippen LogP contribution in [0.2, 0.25) is 0 Å². The van der Waals surface area contributed by atoms with Crippen LogP contribution in [0.3, 0.4) is 0 Å². The molecule has 7 heteroatoms. The molecule has 0 saturated heterocycles. The van der Waals surface area contributed by atoms with Crippen LogP contribution in [-0.4, -0.2) is 36.9 Å². The van der Waals surface area contributed by atoms with Crippen LogP contribution < -0.4 is 11.1 Å². The number of allylic oxidation sites excluding steroid dienone is 3. The molecule has 0 fully saturated rings. The molecule has 148 valence electrons.